The first-order valence-corrected chi connectivity index (χ1v) is 6.91. The number of carboxylic acids is 1. The standard InChI is InChI=1S/C14H16BrNO2/c15-13-10-12(16-8-2-1-3-9-16)6-4-11(13)5-7-14(17)18/h4-7,10H,1-3,8-9H2,(H,17,18)/b7-5+. The third-order valence-electron chi connectivity index (χ3n) is 3.11. The van der Waals surface area contributed by atoms with Gasteiger partial charge in [-0.15, -0.1) is 0 Å². The van der Waals surface area contributed by atoms with Crippen LogP contribution in [0.1, 0.15) is 24.8 Å². The molecule has 18 heavy (non-hydrogen) atoms. The van der Waals surface area contributed by atoms with Crippen molar-refractivity contribution in [3.63, 3.8) is 0 Å². The van der Waals surface area contributed by atoms with Crippen LogP contribution in [-0.2, 0) is 4.79 Å². The smallest absolute Gasteiger partial charge is 0.328 e. The highest BCUT2D eigenvalue weighted by Crippen LogP contribution is 2.27. The van der Waals surface area contributed by atoms with Crippen molar-refractivity contribution >= 4 is 33.7 Å². The topological polar surface area (TPSA) is 40.5 Å². The molecule has 0 spiro atoms. The average Bonchev–Trinajstić information content (AvgIpc) is 2.38. The third kappa shape index (κ3) is 3.35. The van der Waals surface area contributed by atoms with Crippen molar-refractivity contribution in [1.29, 1.82) is 0 Å². The summed E-state index contributed by atoms with van der Waals surface area (Å²) in [6, 6.07) is 6.07. The molecule has 1 N–H and O–H groups in total. The van der Waals surface area contributed by atoms with E-state index in [2.05, 4.69) is 33.0 Å². The van der Waals surface area contributed by atoms with Gasteiger partial charge in [-0.3, -0.25) is 0 Å². The summed E-state index contributed by atoms with van der Waals surface area (Å²) >= 11 is 3.49. The summed E-state index contributed by atoms with van der Waals surface area (Å²) in [7, 11) is 0. The first-order chi connectivity index (χ1) is 8.66. The van der Waals surface area contributed by atoms with E-state index in [1.165, 1.54) is 24.9 Å². The van der Waals surface area contributed by atoms with Gasteiger partial charge in [0, 0.05) is 29.3 Å². The zero-order valence-corrected chi connectivity index (χ0v) is 11.7. The van der Waals surface area contributed by atoms with Crippen molar-refractivity contribution in [1.82, 2.24) is 0 Å². The van der Waals surface area contributed by atoms with Gasteiger partial charge >= 0.3 is 5.97 Å². The summed E-state index contributed by atoms with van der Waals surface area (Å²) in [4.78, 5) is 12.9. The van der Waals surface area contributed by atoms with Crippen LogP contribution in [0.15, 0.2) is 28.7 Å². The lowest BCUT2D eigenvalue weighted by Gasteiger charge is -2.29. The zero-order chi connectivity index (χ0) is 13.0. The molecule has 0 bridgehead atoms. The lowest BCUT2D eigenvalue weighted by Crippen LogP contribution is -2.29. The molecule has 2 rings (SSSR count). The summed E-state index contributed by atoms with van der Waals surface area (Å²) in [6.45, 7) is 2.22. The number of nitrogens with zero attached hydrogens (tertiary/aromatic N) is 1. The second-order valence-corrected chi connectivity index (χ2v) is 5.28. The van der Waals surface area contributed by atoms with Crippen LogP contribution in [-0.4, -0.2) is 24.2 Å². The Bertz CT molecular complexity index is 465. The number of benzene rings is 1. The lowest BCUT2D eigenvalue weighted by atomic mass is 10.1. The fourth-order valence-electron chi connectivity index (χ4n) is 2.16. The number of piperidine rings is 1. The molecule has 1 aliphatic rings. The monoisotopic (exact) mass is 309 g/mol. The van der Waals surface area contributed by atoms with Crippen molar-refractivity contribution in [3.05, 3.63) is 34.3 Å². The normalized spacial score (nSPS) is 16.2. The maximum atomic E-state index is 10.5. The van der Waals surface area contributed by atoms with E-state index in [1.54, 1.807) is 6.08 Å². The highest BCUT2D eigenvalue weighted by atomic mass is 79.9. The van der Waals surface area contributed by atoms with Crippen LogP contribution in [0.4, 0.5) is 5.69 Å². The number of rotatable bonds is 3. The van der Waals surface area contributed by atoms with E-state index < -0.39 is 5.97 Å². The summed E-state index contributed by atoms with van der Waals surface area (Å²) in [5.41, 5.74) is 2.09. The molecule has 1 fully saturated rings. The molecule has 1 aromatic carbocycles. The van der Waals surface area contributed by atoms with Crippen LogP contribution in [0.2, 0.25) is 0 Å². The van der Waals surface area contributed by atoms with E-state index >= 15 is 0 Å². The van der Waals surface area contributed by atoms with Gasteiger partial charge in [0.15, 0.2) is 0 Å². The second-order valence-electron chi connectivity index (χ2n) is 4.43. The van der Waals surface area contributed by atoms with Crippen molar-refractivity contribution in [2.24, 2.45) is 0 Å². The van der Waals surface area contributed by atoms with E-state index in [0.717, 1.165) is 29.2 Å². The van der Waals surface area contributed by atoms with Crippen LogP contribution in [0.5, 0.6) is 0 Å². The maximum absolute atomic E-state index is 10.5. The quantitative estimate of drug-likeness (QED) is 0.868. The molecule has 4 heteroatoms. The third-order valence-corrected chi connectivity index (χ3v) is 3.80. The Balaban J connectivity index is 2.16. The van der Waals surface area contributed by atoms with Gasteiger partial charge in [-0.1, -0.05) is 22.0 Å². The molecule has 0 aromatic heterocycles. The molecule has 3 nitrogen and oxygen atoms in total. The second kappa shape index (κ2) is 6.05. The van der Waals surface area contributed by atoms with Crippen molar-refractivity contribution < 1.29 is 9.90 Å². The number of hydrogen-bond donors (Lipinski definition) is 1. The average molecular weight is 310 g/mol. The highest BCUT2D eigenvalue weighted by molar-refractivity contribution is 9.10. The van der Waals surface area contributed by atoms with Crippen molar-refractivity contribution in [2.45, 2.75) is 19.3 Å². The van der Waals surface area contributed by atoms with Crippen LogP contribution < -0.4 is 4.90 Å². The first kappa shape index (κ1) is 13.1. The van der Waals surface area contributed by atoms with Gasteiger partial charge in [-0.25, -0.2) is 4.79 Å². The zero-order valence-electron chi connectivity index (χ0n) is 10.1. The Labute approximate surface area is 115 Å². The first-order valence-electron chi connectivity index (χ1n) is 6.12. The number of carboxylic acid groups (broad SMARTS) is 1. The summed E-state index contributed by atoms with van der Waals surface area (Å²) in [5, 5.41) is 8.61. The molecule has 1 saturated heterocycles. The van der Waals surface area contributed by atoms with Gasteiger partial charge in [0.05, 0.1) is 0 Å². The molecule has 1 aliphatic heterocycles. The number of aliphatic carboxylic acids is 1. The Morgan fingerprint density at radius 3 is 2.61 bits per heavy atom. The fourth-order valence-corrected chi connectivity index (χ4v) is 2.66. The molecule has 0 atom stereocenters. The molecule has 0 amide bonds. The molecular formula is C14H16BrNO2. The van der Waals surface area contributed by atoms with Crippen molar-refractivity contribution in [3.8, 4) is 0 Å². The molecule has 0 saturated carbocycles. The van der Waals surface area contributed by atoms with Gasteiger partial charge in [-0.2, -0.15) is 0 Å². The summed E-state index contributed by atoms with van der Waals surface area (Å²) in [6.07, 6.45) is 6.57. The predicted octanol–water partition coefficient (Wildman–Crippen LogP) is 3.54. The number of carbonyl (C=O) groups is 1. The molecular weight excluding hydrogens is 294 g/mol. The van der Waals surface area contributed by atoms with Crippen LogP contribution >= 0.6 is 15.9 Å². The minimum Gasteiger partial charge on any atom is -0.478 e. The molecule has 0 unspecified atom stereocenters. The molecule has 0 aliphatic carbocycles. The SMILES string of the molecule is O=C(O)/C=C/c1ccc(N2CCCCC2)cc1Br. The molecule has 1 heterocycles. The van der Waals surface area contributed by atoms with Crippen LogP contribution in [0.25, 0.3) is 6.08 Å². The van der Waals surface area contributed by atoms with Gasteiger partial charge in [0.1, 0.15) is 0 Å². The van der Waals surface area contributed by atoms with E-state index in [0.29, 0.717) is 0 Å². The lowest BCUT2D eigenvalue weighted by molar-refractivity contribution is -0.131. The molecule has 1 aromatic rings. The summed E-state index contributed by atoms with van der Waals surface area (Å²) in [5.74, 6) is -0.929. The van der Waals surface area contributed by atoms with E-state index in [1.807, 2.05) is 6.07 Å². The highest BCUT2D eigenvalue weighted by Gasteiger charge is 2.11. The van der Waals surface area contributed by atoms with Gasteiger partial charge in [0.25, 0.3) is 0 Å². The summed E-state index contributed by atoms with van der Waals surface area (Å²) < 4.78 is 0.933. The fraction of sp³-hybridized carbons (Fsp3) is 0.357. The Morgan fingerprint density at radius 1 is 1.28 bits per heavy atom. The van der Waals surface area contributed by atoms with E-state index in [-0.39, 0.29) is 0 Å². The number of hydrogen-bond acceptors (Lipinski definition) is 2. The molecule has 96 valence electrons. The van der Waals surface area contributed by atoms with Gasteiger partial charge in [-0.05, 0) is 43.0 Å². The Kier molecular flexibility index (Phi) is 4.42. The van der Waals surface area contributed by atoms with Gasteiger partial charge in [0.2, 0.25) is 0 Å². The van der Waals surface area contributed by atoms with E-state index in [9.17, 15) is 4.79 Å². The Morgan fingerprint density at radius 2 is 2.00 bits per heavy atom. The minimum absolute atomic E-state index is 0.887. The van der Waals surface area contributed by atoms with Crippen LogP contribution in [0.3, 0.4) is 0 Å². The molecule has 0 radical (unpaired) electrons. The Hall–Kier alpha value is -1.29. The van der Waals surface area contributed by atoms with Crippen LogP contribution in [0, 0.1) is 0 Å². The maximum Gasteiger partial charge on any atom is 0.328 e. The number of anilines is 1. The van der Waals surface area contributed by atoms with E-state index in [4.69, 9.17) is 5.11 Å². The van der Waals surface area contributed by atoms with Crippen molar-refractivity contribution in [2.75, 3.05) is 18.0 Å². The minimum atomic E-state index is -0.929. The van der Waals surface area contributed by atoms with Gasteiger partial charge < -0.3 is 10.0 Å². The predicted molar refractivity (Wildman–Crippen MR) is 76.9 cm³/mol. The largest absolute Gasteiger partial charge is 0.478 e. The number of halogens is 1.